The molecule has 2 amide bonds. The van der Waals surface area contributed by atoms with Crippen molar-refractivity contribution in [3.05, 3.63) is 33.5 Å². The van der Waals surface area contributed by atoms with Crippen LogP contribution in [0, 0.1) is 18.7 Å². The molecule has 1 aliphatic heterocycles. The Morgan fingerprint density at radius 3 is 2.86 bits per heavy atom. The highest BCUT2D eigenvalue weighted by atomic mass is 79.9. The van der Waals surface area contributed by atoms with Gasteiger partial charge in [0, 0.05) is 19.0 Å². The van der Waals surface area contributed by atoms with Gasteiger partial charge in [-0.25, -0.2) is 4.39 Å². The summed E-state index contributed by atoms with van der Waals surface area (Å²) in [5.74, 6) is -0.962. The van der Waals surface area contributed by atoms with Crippen LogP contribution < -0.4 is 10.6 Å². The van der Waals surface area contributed by atoms with Crippen LogP contribution in [0.5, 0.6) is 0 Å². The van der Waals surface area contributed by atoms with Gasteiger partial charge in [-0.1, -0.05) is 0 Å². The summed E-state index contributed by atoms with van der Waals surface area (Å²) >= 11 is 3.16. The SMILES string of the molecule is Cc1cc(Br)c(F)cc1[C@H](C)NCC1CCC(=O)NC1=O. The number of benzene rings is 1. The molecule has 6 heteroatoms. The number of carbonyl (C=O) groups is 2. The molecule has 4 nitrogen and oxygen atoms in total. The highest BCUT2D eigenvalue weighted by molar-refractivity contribution is 9.10. The van der Waals surface area contributed by atoms with E-state index < -0.39 is 0 Å². The first-order chi connectivity index (χ1) is 9.88. The maximum Gasteiger partial charge on any atom is 0.230 e. The highest BCUT2D eigenvalue weighted by Gasteiger charge is 2.26. The van der Waals surface area contributed by atoms with Crippen LogP contribution in [0.25, 0.3) is 0 Å². The van der Waals surface area contributed by atoms with Crippen LogP contribution >= 0.6 is 15.9 Å². The molecule has 0 radical (unpaired) electrons. The van der Waals surface area contributed by atoms with E-state index in [-0.39, 0.29) is 29.6 Å². The van der Waals surface area contributed by atoms with Crippen molar-refractivity contribution < 1.29 is 14.0 Å². The van der Waals surface area contributed by atoms with Gasteiger partial charge < -0.3 is 5.32 Å². The number of amides is 2. The van der Waals surface area contributed by atoms with E-state index in [1.807, 2.05) is 13.8 Å². The van der Waals surface area contributed by atoms with Gasteiger partial charge in [0.25, 0.3) is 0 Å². The standard InChI is InChI=1S/C15H18BrFN2O2/c1-8-5-12(16)13(17)6-11(8)9(2)18-7-10-3-4-14(20)19-15(10)21/h5-6,9-10,18H,3-4,7H2,1-2H3,(H,19,20,21)/t9-,10?/m0/s1. The van der Waals surface area contributed by atoms with Crippen molar-refractivity contribution in [2.75, 3.05) is 6.54 Å². The van der Waals surface area contributed by atoms with Crippen molar-refractivity contribution in [2.24, 2.45) is 5.92 Å². The molecule has 0 saturated carbocycles. The van der Waals surface area contributed by atoms with E-state index in [4.69, 9.17) is 0 Å². The average molecular weight is 357 g/mol. The van der Waals surface area contributed by atoms with E-state index in [1.165, 1.54) is 6.07 Å². The molecule has 1 saturated heterocycles. The third-order valence-electron chi connectivity index (χ3n) is 3.80. The molecule has 2 rings (SSSR count). The zero-order valence-electron chi connectivity index (χ0n) is 12.0. The first-order valence-corrected chi connectivity index (χ1v) is 7.70. The van der Waals surface area contributed by atoms with Crippen LogP contribution in [-0.2, 0) is 9.59 Å². The van der Waals surface area contributed by atoms with Gasteiger partial charge in [-0.05, 0) is 59.5 Å². The van der Waals surface area contributed by atoms with Gasteiger partial charge >= 0.3 is 0 Å². The van der Waals surface area contributed by atoms with Crippen molar-refractivity contribution >= 4 is 27.7 Å². The minimum absolute atomic E-state index is 0.0713. The summed E-state index contributed by atoms with van der Waals surface area (Å²) in [4.78, 5) is 22.8. The van der Waals surface area contributed by atoms with Gasteiger partial charge in [0.15, 0.2) is 0 Å². The molecule has 1 aliphatic rings. The first kappa shape index (κ1) is 16.1. The minimum atomic E-state index is -0.301. The topological polar surface area (TPSA) is 58.2 Å². The molecule has 1 aromatic carbocycles. The molecule has 0 spiro atoms. The molecule has 1 unspecified atom stereocenters. The molecular formula is C15H18BrFN2O2. The second kappa shape index (κ2) is 6.66. The Bertz CT molecular complexity index is 577. The van der Waals surface area contributed by atoms with E-state index >= 15 is 0 Å². The Labute approximate surface area is 131 Å². The highest BCUT2D eigenvalue weighted by Crippen LogP contribution is 2.25. The molecule has 114 valence electrons. The molecule has 0 bridgehead atoms. The third kappa shape index (κ3) is 3.89. The first-order valence-electron chi connectivity index (χ1n) is 6.91. The number of halogens is 2. The Kier molecular flexibility index (Phi) is 5.11. The molecular weight excluding hydrogens is 339 g/mol. The molecule has 2 atom stereocenters. The van der Waals surface area contributed by atoms with Crippen LogP contribution in [-0.4, -0.2) is 18.4 Å². The lowest BCUT2D eigenvalue weighted by Gasteiger charge is -2.24. The van der Waals surface area contributed by atoms with E-state index in [9.17, 15) is 14.0 Å². The van der Waals surface area contributed by atoms with Gasteiger partial charge in [-0.15, -0.1) is 0 Å². The summed E-state index contributed by atoms with van der Waals surface area (Å²) in [7, 11) is 0. The molecule has 0 aliphatic carbocycles. The number of rotatable bonds is 4. The second-order valence-corrected chi connectivity index (χ2v) is 6.26. The summed E-state index contributed by atoms with van der Waals surface area (Å²) in [6, 6.07) is 3.18. The summed E-state index contributed by atoms with van der Waals surface area (Å²) in [6.45, 7) is 4.32. The Morgan fingerprint density at radius 2 is 2.19 bits per heavy atom. The van der Waals surface area contributed by atoms with Crippen LogP contribution in [0.4, 0.5) is 4.39 Å². The Hall–Kier alpha value is -1.27. The summed E-state index contributed by atoms with van der Waals surface area (Å²) in [5.41, 5.74) is 1.84. The molecule has 1 aromatic rings. The Balaban J connectivity index is 1.99. The van der Waals surface area contributed by atoms with Crippen molar-refractivity contribution in [3.8, 4) is 0 Å². The van der Waals surface area contributed by atoms with Crippen molar-refractivity contribution in [1.29, 1.82) is 0 Å². The Morgan fingerprint density at radius 1 is 1.48 bits per heavy atom. The predicted molar refractivity (Wildman–Crippen MR) is 81.1 cm³/mol. The molecule has 1 fully saturated rings. The summed E-state index contributed by atoms with van der Waals surface area (Å²) in [6.07, 6.45) is 0.927. The number of hydrogen-bond acceptors (Lipinski definition) is 3. The quantitative estimate of drug-likeness (QED) is 0.815. The molecule has 2 N–H and O–H groups in total. The van der Waals surface area contributed by atoms with Gasteiger partial charge in [-0.3, -0.25) is 14.9 Å². The zero-order valence-corrected chi connectivity index (χ0v) is 13.6. The number of nitrogens with one attached hydrogen (secondary N) is 2. The third-order valence-corrected chi connectivity index (χ3v) is 4.41. The lowest BCUT2D eigenvalue weighted by atomic mass is 9.96. The van der Waals surface area contributed by atoms with E-state index in [0.29, 0.717) is 23.9 Å². The fourth-order valence-electron chi connectivity index (χ4n) is 2.49. The summed E-state index contributed by atoms with van der Waals surface area (Å²) in [5, 5.41) is 5.58. The van der Waals surface area contributed by atoms with Crippen LogP contribution in [0.3, 0.4) is 0 Å². The van der Waals surface area contributed by atoms with Crippen LogP contribution in [0.15, 0.2) is 16.6 Å². The van der Waals surface area contributed by atoms with E-state index in [2.05, 4.69) is 26.6 Å². The molecule has 21 heavy (non-hydrogen) atoms. The lowest BCUT2D eigenvalue weighted by molar-refractivity contribution is -0.136. The predicted octanol–water partition coefficient (Wildman–Crippen LogP) is 2.60. The van der Waals surface area contributed by atoms with Crippen LogP contribution in [0.2, 0.25) is 0 Å². The normalized spacial score (nSPS) is 20.3. The minimum Gasteiger partial charge on any atom is -0.309 e. The zero-order chi connectivity index (χ0) is 15.6. The lowest BCUT2D eigenvalue weighted by Crippen LogP contribution is -2.44. The van der Waals surface area contributed by atoms with Gasteiger partial charge in [0.2, 0.25) is 11.8 Å². The smallest absolute Gasteiger partial charge is 0.230 e. The number of carbonyl (C=O) groups excluding carboxylic acids is 2. The van der Waals surface area contributed by atoms with E-state index in [0.717, 1.165) is 11.1 Å². The summed E-state index contributed by atoms with van der Waals surface area (Å²) < 4.78 is 14.1. The van der Waals surface area contributed by atoms with Crippen LogP contribution in [0.1, 0.15) is 36.9 Å². The monoisotopic (exact) mass is 356 g/mol. The fraction of sp³-hybridized carbons (Fsp3) is 0.467. The average Bonchev–Trinajstić information content (AvgIpc) is 2.41. The number of hydrogen-bond donors (Lipinski definition) is 2. The number of piperidine rings is 1. The van der Waals surface area contributed by atoms with E-state index in [1.54, 1.807) is 6.07 Å². The van der Waals surface area contributed by atoms with Crippen molar-refractivity contribution in [2.45, 2.75) is 32.7 Å². The maximum atomic E-state index is 13.6. The van der Waals surface area contributed by atoms with Gasteiger partial charge in [0.1, 0.15) is 5.82 Å². The van der Waals surface area contributed by atoms with Gasteiger partial charge in [-0.2, -0.15) is 0 Å². The second-order valence-electron chi connectivity index (χ2n) is 5.40. The fourth-order valence-corrected chi connectivity index (χ4v) is 2.95. The number of aryl methyl sites for hydroxylation is 1. The van der Waals surface area contributed by atoms with Gasteiger partial charge in [0.05, 0.1) is 10.4 Å². The molecule has 0 aromatic heterocycles. The largest absolute Gasteiger partial charge is 0.309 e. The maximum absolute atomic E-state index is 13.6. The van der Waals surface area contributed by atoms with Crippen molar-refractivity contribution in [1.82, 2.24) is 10.6 Å². The number of imide groups is 1. The van der Waals surface area contributed by atoms with Crippen molar-refractivity contribution in [3.63, 3.8) is 0 Å². The molecule has 1 heterocycles.